The van der Waals surface area contributed by atoms with Crippen molar-refractivity contribution in [3.8, 4) is 11.5 Å². The van der Waals surface area contributed by atoms with Crippen LogP contribution >= 0.6 is 0 Å². The van der Waals surface area contributed by atoms with E-state index in [0.717, 1.165) is 16.3 Å². The number of para-hydroxylation sites is 2. The molecule has 158 valence electrons. The Kier molecular flexibility index (Phi) is 4.95. The fraction of sp³-hybridized carbons (Fsp3) is 0.0769. The van der Waals surface area contributed by atoms with Crippen LogP contribution in [0, 0.1) is 0 Å². The molecule has 2 N–H and O–H groups in total. The summed E-state index contributed by atoms with van der Waals surface area (Å²) in [6.07, 6.45) is 0. The van der Waals surface area contributed by atoms with Crippen molar-refractivity contribution < 1.29 is 14.3 Å². The van der Waals surface area contributed by atoms with Gasteiger partial charge in [0.2, 0.25) is 0 Å². The van der Waals surface area contributed by atoms with Crippen molar-refractivity contribution in [1.82, 2.24) is 5.32 Å². The first-order valence-electron chi connectivity index (χ1n) is 10.3. The molecule has 0 saturated heterocycles. The van der Waals surface area contributed by atoms with Crippen LogP contribution in [0.5, 0.6) is 11.5 Å². The maximum absolute atomic E-state index is 13.0. The van der Waals surface area contributed by atoms with Crippen LogP contribution in [0.2, 0.25) is 0 Å². The van der Waals surface area contributed by atoms with Gasteiger partial charge in [-0.15, -0.1) is 0 Å². The van der Waals surface area contributed by atoms with Crippen molar-refractivity contribution >= 4 is 34.1 Å². The lowest BCUT2D eigenvalue weighted by molar-refractivity contribution is 0.0993. The van der Waals surface area contributed by atoms with E-state index in [1.807, 2.05) is 66.7 Å². The standard InChI is InChI=1S/C26H21N3O3/c1-29-22-11-4-5-12-24(22)32-23-14-13-19(15-21(23)25(29)30)28-26(31)27-16-18-9-6-8-17-7-2-3-10-20(17)18/h2-15H,16H2,1H3,(H2,27,28,31). The maximum Gasteiger partial charge on any atom is 0.319 e. The smallest absolute Gasteiger partial charge is 0.319 e. The molecular weight excluding hydrogens is 402 g/mol. The highest BCUT2D eigenvalue weighted by atomic mass is 16.5. The van der Waals surface area contributed by atoms with Gasteiger partial charge in [0.15, 0.2) is 5.75 Å². The number of hydrogen-bond acceptors (Lipinski definition) is 3. The van der Waals surface area contributed by atoms with Crippen LogP contribution in [0.4, 0.5) is 16.2 Å². The van der Waals surface area contributed by atoms with E-state index in [4.69, 9.17) is 4.74 Å². The normalized spacial score (nSPS) is 12.4. The molecule has 0 aromatic heterocycles. The number of ether oxygens (including phenoxy) is 1. The van der Waals surface area contributed by atoms with Gasteiger partial charge in [0.25, 0.3) is 5.91 Å². The van der Waals surface area contributed by atoms with Gasteiger partial charge in [-0.05, 0) is 46.7 Å². The highest BCUT2D eigenvalue weighted by molar-refractivity contribution is 6.10. The van der Waals surface area contributed by atoms with E-state index in [0.29, 0.717) is 35.0 Å². The maximum atomic E-state index is 13.0. The molecule has 0 radical (unpaired) electrons. The van der Waals surface area contributed by atoms with E-state index >= 15 is 0 Å². The Morgan fingerprint density at radius 1 is 0.906 bits per heavy atom. The average molecular weight is 423 g/mol. The summed E-state index contributed by atoms with van der Waals surface area (Å²) in [5.74, 6) is 0.855. The highest BCUT2D eigenvalue weighted by Gasteiger charge is 2.25. The van der Waals surface area contributed by atoms with Crippen LogP contribution < -0.4 is 20.3 Å². The molecule has 0 unspecified atom stereocenters. The largest absolute Gasteiger partial charge is 0.454 e. The van der Waals surface area contributed by atoms with Crippen LogP contribution in [0.1, 0.15) is 15.9 Å². The van der Waals surface area contributed by atoms with Gasteiger partial charge in [0.1, 0.15) is 5.75 Å². The van der Waals surface area contributed by atoms with Crippen molar-refractivity contribution in [2.45, 2.75) is 6.54 Å². The summed E-state index contributed by atoms with van der Waals surface area (Å²) in [6.45, 7) is 0.387. The Morgan fingerprint density at radius 3 is 2.59 bits per heavy atom. The minimum Gasteiger partial charge on any atom is -0.454 e. The van der Waals surface area contributed by atoms with E-state index in [1.165, 1.54) is 0 Å². The first-order valence-corrected chi connectivity index (χ1v) is 10.3. The number of benzene rings is 4. The molecule has 0 saturated carbocycles. The van der Waals surface area contributed by atoms with E-state index < -0.39 is 0 Å². The van der Waals surface area contributed by atoms with Crippen molar-refractivity contribution in [2.75, 3.05) is 17.3 Å². The third-order valence-electron chi connectivity index (χ3n) is 5.54. The summed E-state index contributed by atoms with van der Waals surface area (Å²) < 4.78 is 5.96. The van der Waals surface area contributed by atoms with E-state index in [2.05, 4.69) is 10.6 Å². The van der Waals surface area contributed by atoms with Crippen LogP contribution in [-0.2, 0) is 6.54 Å². The predicted molar refractivity (Wildman–Crippen MR) is 125 cm³/mol. The average Bonchev–Trinajstić information content (AvgIpc) is 2.92. The summed E-state index contributed by atoms with van der Waals surface area (Å²) in [7, 11) is 1.70. The number of rotatable bonds is 3. The Bertz CT molecular complexity index is 1340. The molecule has 4 aromatic carbocycles. The molecule has 0 bridgehead atoms. The monoisotopic (exact) mass is 423 g/mol. The van der Waals surface area contributed by atoms with Gasteiger partial charge in [-0.25, -0.2) is 4.79 Å². The second-order valence-electron chi connectivity index (χ2n) is 7.59. The van der Waals surface area contributed by atoms with Gasteiger partial charge in [0.05, 0.1) is 11.3 Å². The molecule has 3 amide bonds. The number of amides is 3. The molecule has 0 aliphatic carbocycles. The molecule has 0 spiro atoms. The fourth-order valence-electron chi connectivity index (χ4n) is 3.89. The van der Waals surface area contributed by atoms with Crippen LogP contribution in [0.15, 0.2) is 84.9 Å². The summed E-state index contributed by atoms with van der Waals surface area (Å²) in [5, 5.41) is 7.93. The topological polar surface area (TPSA) is 70.7 Å². The molecule has 4 aromatic rings. The summed E-state index contributed by atoms with van der Waals surface area (Å²) in [5.41, 5.74) is 2.62. The van der Waals surface area contributed by atoms with E-state index in [1.54, 1.807) is 30.1 Å². The molecule has 32 heavy (non-hydrogen) atoms. The number of carbonyl (C=O) groups excluding carboxylic acids is 2. The lowest BCUT2D eigenvalue weighted by Crippen LogP contribution is -2.28. The number of anilines is 2. The summed E-state index contributed by atoms with van der Waals surface area (Å²) in [4.78, 5) is 27.1. The SMILES string of the molecule is CN1C(=O)c2cc(NC(=O)NCc3cccc4ccccc34)ccc2Oc2ccccc21. The van der Waals surface area contributed by atoms with E-state index in [-0.39, 0.29) is 11.9 Å². The number of carbonyl (C=O) groups is 2. The summed E-state index contributed by atoms with van der Waals surface area (Å²) >= 11 is 0. The Balaban J connectivity index is 1.32. The number of nitrogens with one attached hydrogen (secondary N) is 2. The minimum atomic E-state index is -0.350. The van der Waals surface area contributed by atoms with Gasteiger partial charge >= 0.3 is 6.03 Å². The van der Waals surface area contributed by atoms with Gasteiger partial charge in [-0.2, -0.15) is 0 Å². The molecule has 0 atom stereocenters. The molecule has 6 heteroatoms. The van der Waals surface area contributed by atoms with Crippen molar-refractivity contribution in [1.29, 1.82) is 0 Å². The second-order valence-corrected chi connectivity index (χ2v) is 7.59. The molecular formula is C26H21N3O3. The third-order valence-corrected chi connectivity index (χ3v) is 5.54. The quantitative estimate of drug-likeness (QED) is 0.454. The first-order chi connectivity index (χ1) is 15.6. The Morgan fingerprint density at radius 2 is 1.69 bits per heavy atom. The lowest BCUT2D eigenvalue weighted by Gasteiger charge is -2.16. The number of fused-ring (bicyclic) bond motifs is 3. The van der Waals surface area contributed by atoms with Gasteiger partial charge in [-0.1, -0.05) is 54.6 Å². The molecule has 1 aliphatic heterocycles. The molecule has 5 rings (SSSR count). The second kappa shape index (κ2) is 8.07. The number of urea groups is 1. The minimum absolute atomic E-state index is 0.204. The zero-order valence-electron chi connectivity index (χ0n) is 17.5. The molecule has 1 aliphatic rings. The zero-order valence-corrected chi connectivity index (χ0v) is 17.5. The van der Waals surface area contributed by atoms with Crippen LogP contribution in [0.25, 0.3) is 10.8 Å². The Hall–Kier alpha value is -4.32. The van der Waals surface area contributed by atoms with Crippen molar-refractivity contribution in [3.63, 3.8) is 0 Å². The van der Waals surface area contributed by atoms with Gasteiger partial charge in [0, 0.05) is 19.3 Å². The fourth-order valence-corrected chi connectivity index (χ4v) is 3.89. The number of hydrogen-bond donors (Lipinski definition) is 2. The molecule has 6 nitrogen and oxygen atoms in total. The van der Waals surface area contributed by atoms with E-state index in [9.17, 15) is 9.59 Å². The van der Waals surface area contributed by atoms with Crippen LogP contribution in [0.3, 0.4) is 0 Å². The lowest BCUT2D eigenvalue weighted by atomic mass is 10.0. The van der Waals surface area contributed by atoms with Gasteiger partial charge in [-0.3, -0.25) is 4.79 Å². The van der Waals surface area contributed by atoms with Gasteiger partial charge < -0.3 is 20.3 Å². The zero-order chi connectivity index (χ0) is 22.1. The predicted octanol–water partition coefficient (Wildman–Crippen LogP) is 5.54. The number of nitrogens with zero attached hydrogens (tertiary/aromatic N) is 1. The third kappa shape index (κ3) is 3.63. The molecule has 0 fully saturated rings. The van der Waals surface area contributed by atoms with Crippen molar-refractivity contribution in [2.24, 2.45) is 0 Å². The Labute approximate surface area is 185 Å². The highest BCUT2D eigenvalue weighted by Crippen LogP contribution is 2.38. The first kappa shape index (κ1) is 19.6. The summed E-state index contributed by atoms with van der Waals surface area (Å²) in [6, 6.07) is 26.1. The van der Waals surface area contributed by atoms with Crippen molar-refractivity contribution in [3.05, 3.63) is 96.1 Å². The molecule has 1 heterocycles. The van der Waals surface area contributed by atoms with Crippen LogP contribution in [-0.4, -0.2) is 19.0 Å².